The molecule has 5 nitrogen and oxygen atoms in total. The van der Waals surface area contributed by atoms with E-state index in [2.05, 4.69) is 9.97 Å². The molecular formula is C10H13N3O2. The van der Waals surface area contributed by atoms with Crippen LogP contribution in [0.15, 0.2) is 23.0 Å². The van der Waals surface area contributed by atoms with E-state index in [1.54, 1.807) is 6.07 Å². The number of aromatic nitrogens is 2. The zero-order valence-corrected chi connectivity index (χ0v) is 8.25. The molecule has 1 aromatic carbocycles. The summed E-state index contributed by atoms with van der Waals surface area (Å²) in [6.07, 6.45) is 0.821. The van der Waals surface area contributed by atoms with Gasteiger partial charge in [-0.15, -0.1) is 0 Å². The van der Waals surface area contributed by atoms with Gasteiger partial charge in [-0.2, -0.15) is 0 Å². The van der Waals surface area contributed by atoms with Crippen LogP contribution in [-0.2, 0) is 0 Å². The molecule has 0 bridgehead atoms. The fraction of sp³-hybridized carbons (Fsp3) is 0.300. The quantitative estimate of drug-likeness (QED) is 0.641. The predicted molar refractivity (Wildman–Crippen MR) is 58.1 cm³/mol. The van der Waals surface area contributed by atoms with Gasteiger partial charge in [0.2, 0.25) is 0 Å². The molecule has 0 aliphatic rings. The zero-order chi connectivity index (χ0) is 10.7. The third kappa shape index (κ3) is 2.19. The van der Waals surface area contributed by atoms with E-state index in [0.29, 0.717) is 13.2 Å². The molecule has 0 radical (unpaired) electrons. The Morgan fingerprint density at radius 2 is 2.07 bits per heavy atom. The van der Waals surface area contributed by atoms with Crippen LogP contribution in [0.2, 0.25) is 0 Å². The van der Waals surface area contributed by atoms with Crippen molar-refractivity contribution in [3.8, 4) is 5.75 Å². The Balaban J connectivity index is 2.19. The van der Waals surface area contributed by atoms with Crippen molar-refractivity contribution in [2.24, 2.45) is 5.73 Å². The van der Waals surface area contributed by atoms with Crippen molar-refractivity contribution in [1.29, 1.82) is 0 Å². The van der Waals surface area contributed by atoms with Gasteiger partial charge in [-0.3, -0.25) is 0 Å². The number of hydrogen-bond acceptors (Lipinski definition) is 3. The molecule has 0 aliphatic heterocycles. The van der Waals surface area contributed by atoms with Gasteiger partial charge in [-0.05, 0) is 25.1 Å². The molecular weight excluding hydrogens is 194 g/mol. The molecule has 1 heterocycles. The zero-order valence-electron chi connectivity index (χ0n) is 8.25. The average molecular weight is 207 g/mol. The van der Waals surface area contributed by atoms with Crippen LogP contribution in [0.25, 0.3) is 11.0 Å². The molecule has 1 aromatic heterocycles. The number of H-pyrrole nitrogens is 2. The summed E-state index contributed by atoms with van der Waals surface area (Å²) in [5.74, 6) is 0.742. The highest BCUT2D eigenvalue weighted by molar-refractivity contribution is 5.75. The summed E-state index contributed by atoms with van der Waals surface area (Å²) in [6.45, 7) is 1.21. The molecule has 2 rings (SSSR count). The summed E-state index contributed by atoms with van der Waals surface area (Å²) in [6, 6.07) is 5.43. The summed E-state index contributed by atoms with van der Waals surface area (Å²) in [5.41, 5.74) is 6.69. The van der Waals surface area contributed by atoms with Crippen molar-refractivity contribution in [1.82, 2.24) is 9.97 Å². The highest BCUT2D eigenvalue weighted by atomic mass is 16.5. The van der Waals surface area contributed by atoms with E-state index in [-0.39, 0.29) is 5.69 Å². The number of ether oxygens (including phenoxy) is 1. The molecule has 4 N–H and O–H groups in total. The molecule has 0 fully saturated rings. The number of fused-ring (bicyclic) bond motifs is 1. The standard InChI is InChI=1S/C10H13N3O2/c11-4-1-5-15-7-2-3-8-9(6-7)13-10(14)12-8/h2-3,6H,1,4-5,11H2,(H2,12,13,14). The molecule has 0 saturated carbocycles. The summed E-state index contributed by atoms with van der Waals surface area (Å²) in [5, 5.41) is 0. The molecule has 15 heavy (non-hydrogen) atoms. The maximum Gasteiger partial charge on any atom is 0.323 e. The van der Waals surface area contributed by atoms with Gasteiger partial charge in [0.05, 0.1) is 17.6 Å². The molecule has 0 amide bonds. The smallest absolute Gasteiger partial charge is 0.323 e. The fourth-order valence-electron chi connectivity index (χ4n) is 1.37. The molecule has 80 valence electrons. The van der Waals surface area contributed by atoms with Gasteiger partial charge in [-0.1, -0.05) is 0 Å². The second-order valence-electron chi connectivity index (χ2n) is 3.28. The first kappa shape index (κ1) is 9.79. The van der Waals surface area contributed by atoms with E-state index in [1.165, 1.54) is 0 Å². The highest BCUT2D eigenvalue weighted by Crippen LogP contribution is 2.16. The van der Waals surface area contributed by atoms with Crippen molar-refractivity contribution < 1.29 is 4.74 Å². The van der Waals surface area contributed by atoms with Gasteiger partial charge in [-0.25, -0.2) is 4.79 Å². The lowest BCUT2D eigenvalue weighted by Crippen LogP contribution is -2.05. The van der Waals surface area contributed by atoms with Crippen LogP contribution in [0, 0.1) is 0 Å². The Labute approximate surface area is 86.3 Å². The minimum Gasteiger partial charge on any atom is -0.493 e. The lowest BCUT2D eigenvalue weighted by atomic mass is 10.3. The third-order valence-electron chi connectivity index (χ3n) is 2.10. The van der Waals surface area contributed by atoms with E-state index in [9.17, 15) is 4.79 Å². The number of imidazole rings is 1. The average Bonchev–Trinajstić information content (AvgIpc) is 2.57. The van der Waals surface area contributed by atoms with Crippen molar-refractivity contribution >= 4 is 11.0 Å². The van der Waals surface area contributed by atoms with Gasteiger partial charge in [0, 0.05) is 6.07 Å². The van der Waals surface area contributed by atoms with Crippen molar-refractivity contribution in [3.05, 3.63) is 28.7 Å². The summed E-state index contributed by atoms with van der Waals surface area (Å²) in [7, 11) is 0. The van der Waals surface area contributed by atoms with Gasteiger partial charge in [0.25, 0.3) is 0 Å². The van der Waals surface area contributed by atoms with Crippen LogP contribution in [0.5, 0.6) is 5.75 Å². The first-order valence-corrected chi connectivity index (χ1v) is 4.84. The largest absolute Gasteiger partial charge is 0.493 e. The number of hydrogen-bond donors (Lipinski definition) is 3. The van der Waals surface area contributed by atoms with Crippen LogP contribution < -0.4 is 16.2 Å². The highest BCUT2D eigenvalue weighted by Gasteiger charge is 1.99. The van der Waals surface area contributed by atoms with Crippen molar-refractivity contribution in [3.63, 3.8) is 0 Å². The van der Waals surface area contributed by atoms with E-state index < -0.39 is 0 Å². The Morgan fingerprint density at radius 1 is 1.27 bits per heavy atom. The first-order valence-electron chi connectivity index (χ1n) is 4.84. The molecule has 0 unspecified atom stereocenters. The second-order valence-corrected chi connectivity index (χ2v) is 3.28. The Morgan fingerprint density at radius 3 is 2.87 bits per heavy atom. The number of rotatable bonds is 4. The minimum atomic E-state index is -0.205. The number of benzene rings is 1. The second kappa shape index (κ2) is 4.18. The lowest BCUT2D eigenvalue weighted by Gasteiger charge is -2.04. The fourth-order valence-corrected chi connectivity index (χ4v) is 1.37. The number of nitrogens with one attached hydrogen (secondary N) is 2. The van der Waals surface area contributed by atoms with Crippen molar-refractivity contribution in [2.75, 3.05) is 13.2 Å². The maximum absolute atomic E-state index is 11.0. The van der Waals surface area contributed by atoms with E-state index in [0.717, 1.165) is 23.2 Å². The van der Waals surface area contributed by atoms with Crippen LogP contribution >= 0.6 is 0 Å². The summed E-state index contributed by atoms with van der Waals surface area (Å²) >= 11 is 0. The topological polar surface area (TPSA) is 83.9 Å². The molecule has 0 atom stereocenters. The molecule has 5 heteroatoms. The van der Waals surface area contributed by atoms with Gasteiger partial charge < -0.3 is 20.4 Å². The van der Waals surface area contributed by atoms with Crippen LogP contribution in [-0.4, -0.2) is 23.1 Å². The lowest BCUT2D eigenvalue weighted by molar-refractivity contribution is 0.314. The van der Waals surface area contributed by atoms with Crippen LogP contribution in [0.1, 0.15) is 6.42 Å². The first-order chi connectivity index (χ1) is 7.29. The van der Waals surface area contributed by atoms with Crippen LogP contribution in [0.3, 0.4) is 0 Å². The van der Waals surface area contributed by atoms with Crippen LogP contribution in [0.4, 0.5) is 0 Å². The van der Waals surface area contributed by atoms with E-state index in [4.69, 9.17) is 10.5 Å². The van der Waals surface area contributed by atoms with Gasteiger partial charge in [0.15, 0.2) is 0 Å². The van der Waals surface area contributed by atoms with E-state index in [1.807, 2.05) is 12.1 Å². The number of nitrogens with two attached hydrogens (primary N) is 1. The SMILES string of the molecule is NCCCOc1ccc2[nH]c(=O)[nH]c2c1. The summed E-state index contributed by atoms with van der Waals surface area (Å²) in [4.78, 5) is 16.3. The third-order valence-corrected chi connectivity index (χ3v) is 2.10. The minimum absolute atomic E-state index is 0.205. The van der Waals surface area contributed by atoms with E-state index >= 15 is 0 Å². The monoisotopic (exact) mass is 207 g/mol. The molecule has 0 spiro atoms. The normalized spacial score (nSPS) is 10.7. The predicted octanol–water partition coefficient (Wildman–Crippen LogP) is 0.584. The maximum atomic E-state index is 11.0. The van der Waals surface area contributed by atoms with Gasteiger partial charge in [0.1, 0.15) is 5.75 Å². The Hall–Kier alpha value is -1.75. The van der Waals surface area contributed by atoms with Gasteiger partial charge >= 0.3 is 5.69 Å². The molecule has 0 aliphatic carbocycles. The number of aromatic amines is 2. The van der Waals surface area contributed by atoms with Crippen molar-refractivity contribution in [2.45, 2.75) is 6.42 Å². The Kier molecular flexibility index (Phi) is 2.73. The summed E-state index contributed by atoms with van der Waals surface area (Å²) < 4.78 is 5.45. The Bertz CT molecular complexity index is 501. The molecule has 0 saturated heterocycles. The molecule has 2 aromatic rings.